The van der Waals surface area contributed by atoms with E-state index >= 15 is 0 Å². The topological polar surface area (TPSA) is 60.4 Å². The van der Waals surface area contributed by atoms with Crippen molar-refractivity contribution in [3.05, 3.63) is 94.6 Å². The summed E-state index contributed by atoms with van der Waals surface area (Å²) < 4.78 is 5.04. The monoisotopic (exact) mass is 740 g/mol. The number of pyridine rings is 4. The van der Waals surface area contributed by atoms with E-state index in [4.69, 9.17) is 19.9 Å². The largest absolute Gasteiger partial charge is 0.295 e. The molecule has 8 aromatic rings. The fourth-order valence-electron chi connectivity index (χ4n) is 11.6. The maximum Gasteiger partial charge on any atom is 0.147 e. The molecule has 10 rings (SSSR count). The molecule has 6 heterocycles. The van der Waals surface area contributed by atoms with Gasteiger partial charge in [-0.25, -0.2) is 9.97 Å². The number of fused-ring (bicyclic) bond motifs is 16. The van der Waals surface area contributed by atoms with Gasteiger partial charge in [-0.3, -0.25) is 18.8 Å². The minimum absolute atomic E-state index is 0.0370. The molecule has 0 fully saturated rings. The zero-order valence-electron chi connectivity index (χ0n) is 35.9. The average molecular weight is 741 g/mol. The van der Waals surface area contributed by atoms with Crippen LogP contribution in [0.4, 0.5) is 0 Å². The SMILES string of the molecule is CC(C)(C)c1cc(-c2cc(C(C)(C)C)cc3c2nc2c4cccnc4c4c(n32)C(C)(C)CC4(C)C)c2nc3c4cccnc4c4c(n3c2c1)C(C)(C)CC4(C)C. The van der Waals surface area contributed by atoms with Gasteiger partial charge in [0.2, 0.25) is 0 Å². The lowest BCUT2D eigenvalue weighted by atomic mass is 9.81. The summed E-state index contributed by atoms with van der Waals surface area (Å²) in [7, 11) is 0. The first-order valence-electron chi connectivity index (χ1n) is 20.6. The van der Waals surface area contributed by atoms with Gasteiger partial charge in [-0.2, -0.15) is 0 Å². The number of rotatable bonds is 1. The smallest absolute Gasteiger partial charge is 0.147 e. The molecule has 0 spiro atoms. The zero-order chi connectivity index (χ0) is 39.9. The van der Waals surface area contributed by atoms with Crippen LogP contribution in [0.1, 0.15) is 143 Å². The summed E-state index contributed by atoms with van der Waals surface area (Å²) in [5.74, 6) is 0. The van der Waals surface area contributed by atoms with Crippen LogP contribution in [0.15, 0.2) is 60.9 Å². The van der Waals surface area contributed by atoms with Crippen molar-refractivity contribution in [2.24, 2.45) is 0 Å². The zero-order valence-corrected chi connectivity index (χ0v) is 35.9. The van der Waals surface area contributed by atoms with Gasteiger partial charge >= 0.3 is 0 Å². The molecule has 0 saturated heterocycles. The van der Waals surface area contributed by atoms with Crippen LogP contribution in [0.25, 0.3) is 66.3 Å². The van der Waals surface area contributed by atoms with Gasteiger partial charge in [0.25, 0.3) is 0 Å². The van der Waals surface area contributed by atoms with Gasteiger partial charge in [0, 0.05) is 67.6 Å². The summed E-state index contributed by atoms with van der Waals surface area (Å²) in [6, 6.07) is 18.3. The summed E-state index contributed by atoms with van der Waals surface area (Å²) in [6.07, 6.45) is 5.98. The Morgan fingerprint density at radius 3 is 1.23 bits per heavy atom. The molecule has 0 N–H and O–H groups in total. The van der Waals surface area contributed by atoms with E-state index in [2.05, 4.69) is 154 Å². The third-order valence-electron chi connectivity index (χ3n) is 13.4. The second-order valence-electron chi connectivity index (χ2n) is 22.0. The van der Waals surface area contributed by atoms with Crippen molar-refractivity contribution >= 4 is 55.2 Å². The third kappa shape index (κ3) is 4.62. The fraction of sp³-hybridized carbons (Fsp3) is 0.440. The van der Waals surface area contributed by atoms with Crippen LogP contribution >= 0.6 is 0 Å². The van der Waals surface area contributed by atoms with Crippen LogP contribution in [-0.2, 0) is 32.5 Å². The van der Waals surface area contributed by atoms with E-state index in [1.54, 1.807) is 0 Å². The van der Waals surface area contributed by atoms with Gasteiger partial charge < -0.3 is 0 Å². The highest BCUT2D eigenvalue weighted by Gasteiger charge is 2.48. The third-order valence-corrected chi connectivity index (χ3v) is 13.4. The summed E-state index contributed by atoms with van der Waals surface area (Å²) in [4.78, 5) is 21.6. The number of hydrogen-bond acceptors (Lipinski definition) is 4. The Morgan fingerprint density at radius 1 is 0.500 bits per heavy atom. The number of nitrogens with zero attached hydrogens (tertiary/aromatic N) is 6. The van der Waals surface area contributed by atoms with E-state index in [9.17, 15) is 0 Å². The van der Waals surface area contributed by atoms with Crippen molar-refractivity contribution in [3.63, 3.8) is 0 Å². The normalized spacial score (nSPS) is 18.6. The minimum atomic E-state index is -0.110. The molecule has 6 nitrogen and oxygen atoms in total. The van der Waals surface area contributed by atoms with Crippen LogP contribution < -0.4 is 0 Å². The molecule has 2 aliphatic rings. The molecule has 6 heteroatoms. The lowest BCUT2D eigenvalue weighted by Crippen LogP contribution is -2.19. The lowest BCUT2D eigenvalue weighted by Gasteiger charge is -2.24. The Kier molecular flexibility index (Phi) is 6.70. The molecule has 0 saturated carbocycles. The highest BCUT2D eigenvalue weighted by atomic mass is 15.1. The van der Waals surface area contributed by atoms with Crippen molar-refractivity contribution in [3.8, 4) is 11.1 Å². The predicted molar refractivity (Wildman–Crippen MR) is 234 cm³/mol. The fourth-order valence-corrected chi connectivity index (χ4v) is 11.6. The molecule has 56 heavy (non-hydrogen) atoms. The first-order chi connectivity index (χ1) is 26.0. The summed E-state index contributed by atoms with van der Waals surface area (Å²) in [6.45, 7) is 33.2. The van der Waals surface area contributed by atoms with Crippen LogP contribution in [0, 0.1) is 0 Å². The van der Waals surface area contributed by atoms with Crippen molar-refractivity contribution in [1.29, 1.82) is 0 Å². The Morgan fingerprint density at radius 2 is 0.875 bits per heavy atom. The Bertz CT molecular complexity index is 2830. The molecule has 0 amide bonds. The van der Waals surface area contributed by atoms with Crippen LogP contribution in [0.5, 0.6) is 0 Å². The molecule has 0 radical (unpaired) electrons. The quantitative estimate of drug-likeness (QED) is 0.168. The van der Waals surface area contributed by atoms with Gasteiger partial charge in [0.15, 0.2) is 0 Å². The average Bonchev–Trinajstić information content (AvgIpc) is 3.77. The van der Waals surface area contributed by atoms with E-state index in [1.807, 2.05) is 12.4 Å². The highest BCUT2D eigenvalue weighted by Crippen LogP contribution is 2.55. The standard InChI is InChI=1S/C50H56N6/c1-45(2,3)27-21-31(37-33(23-27)55-41-35(47(7,8)25-49(41,11)12)39-29(43(55)53-37)17-15-19-51-39)32-22-28(46(4,5)6)24-34-38(32)54-44-30-18-16-20-52-40(30)36-42(56(34)44)50(13,14)26-48(36,9)10/h15-24H,25-26H2,1-14H3. The molecule has 0 aliphatic heterocycles. The first kappa shape index (κ1) is 35.6. The molecule has 0 atom stereocenters. The lowest BCUT2D eigenvalue weighted by molar-refractivity contribution is 0.399. The van der Waals surface area contributed by atoms with Crippen molar-refractivity contribution in [1.82, 2.24) is 28.7 Å². The summed E-state index contributed by atoms with van der Waals surface area (Å²) in [5, 5.41) is 2.22. The predicted octanol–water partition coefficient (Wildman–Crippen LogP) is 12.6. The van der Waals surface area contributed by atoms with Gasteiger partial charge in [-0.1, -0.05) is 96.9 Å². The Hall–Kier alpha value is -4.84. The second-order valence-corrected chi connectivity index (χ2v) is 22.0. The number of aromatic nitrogens is 6. The van der Waals surface area contributed by atoms with Gasteiger partial charge in [0.05, 0.1) is 33.1 Å². The molecule has 2 aliphatic carbocycles. The molecule has 0 bridgehead atoms. The van der Waals surface area contributed by atoms with E-state index in [1.165, 1.54) is 33.6 Å². The number of imidazole rings is 2. The van der Waals surface area contributed by atoms with Crippen LogP contribution in [0.3, 0.4) is 0 Å². The van der Waals surface area contributed by atoms with Crippen molar-refractivity contribution in [2.75, 3.05) is 0 Å². The number of hydrogen-bond donors (Lipinski definition) is 0. The minimum Gasteiger partial charge on any atom is -0.295 e. The van der Waals surface area contributed by atoms with E-state index in [0.29, 0.717) is 0 Å². The van der Waals surface area contributed by atoms with Crippen LogP contribution in [0.2, 0.25) is 0 Å². The maximum absolute atomic E-state index is 5.71. The molecular formula is C50H56N6. The second kappa shape index (κ2) is 10.6. The first-order valence-corrected chi connectivity index (χ1v) is 20.6. The molecule has 6 aromatic heterocycles. The van der Waals surface area contributed by atoms with E-state index in [-0.39, 0.29) is 32.5 Å². The van der Waals surface area contributed by atoms with Crippen LogP contribution in [-0.4, -0.2) is 28.7 Å². The van der Waals surface area contributed by atoms with Gasteiger partial charge in [-0.05, 0) is 94.2 Å². The maximum atomic E-state index is 5.71. The van der Waals surface area contributed by atoms with E-state index < -0.39 is 0 Å². The number of benzene rings is 2. The summed E-state index contributed by atoms with van der Waals surface area (Å²) >= 11 is 0. The molecular weight excluding hydrogens is 685 g/mol. The van der Waals surface area contributed by atoms with Crippen molar-refractivity contribution in [2.45, 2.75) is 142 Å². The van der Waals surface area contributed by atoms with E-state index in [0.717, 1.165) is 79.1 Å². The van der Waals surface area contributed by atoms with Gasteiger partial charge in [0.1, 0.15) is 11.3 Å². The molecule has 286 valence electrons. The summed E-state index contributed by atoms with van der Waals surface area (Å²) in [5.41, 5.74) is 18.2. The Labute approximate surface area is 330 Å². The molecule has 0 unspecified atom stereocenters. The van der Waals surface area contributed by atoms with Crippen molar-refractivity contribution < 1.29 is 0 Å². The molecule has 2 aromatic carbocycles. The Balaban J connectivity index is 1.44. The highest BCUT2D eigenvalue weighted by molar-refractivity contribution is 6.09. The van der Waals surface area contributed by atoms with Gasteiger partial charge in [-0.15, -0.1) is 0 Å².